The first kappa shape index (κ1) is 21.2. The number of amides is 2. The largest absolute Gasteiger partial charge is 0.493 e. The zero-order valence-corrected chi connectivity index (χ0v) is 17.4. The molecule has 0 atom stereocenters. The third-order valence-corrected chi connectivity index (χ3v) is 5.10. The maximum atomic E-state index is 12.5. The van der Waals surface area contributed by atoms with E-state index in [1.165, 1.54) is 18.9 Å². The molecule has 1 heterocycles. The van der Waals surface area contributed by atoms with Gasteiger partial charge < -0.3 is 20.1 Å². The van der Waals surface area contributed by atoms with Crippen LogP contribution in [-0.2, 0) is 4.79 Å². The number of anilines is 2. The summed E-state index contributed by atoms with van der Waals surface area (Å²) in [4.78, 5) is 29.3. The summed E-state index contributed by atoms with van der Waals surface area (Å²) in [5, 5.41) is 5.65. The highest BCUT2D eigenvalue weighted by atomic mass is 32.2. The zero-order chi connectivity index (χ0) is 21.3. The Morgan fingerprint density at radius 3 is 2.20 bits per heavy atom. The van der Waals surface area contributed by atoms with Crippen molar-refractivity contribution in [3.63, 3.8) is 0 Å². The van der Waals surface area contributed by atoms with Crippen LogP contribution in [-0.4, -0.2) is 36.8 Å². The van der Waals surface area contributed by atoms with Crippen LogP contribution in [0.25, 0.3) is 0 Å². The minimum absolute atomic E-state index is 0.1000. The number of aromatic nitrogens is 1. The lowest BCUT2D eigenvalue weighted by molar-refractivity contribution is -0.113. The fourth-order valence-electron chi connectivity index (χ4n) is 2.60. The van der Waals surface area contributed by atoms with E-state index in [2.05, 4.69) is 15.6 Å². The van der Waals surface area contributed by atoms with Crippen molar-refractivity contribution in [2.24, 2.45) is 0 Å². The lowest BCUT2D eigenvalue weighted by Crippen LogP contribution is -2.14. The van der Waals surface area contributed by atoms with Gasteiger partial charge in [-0.05, 0) is 54.6 Å². The molecule has 0 radical (unpaired) electrons. The van der Waals surface area contributed by atoms with Gasteiger partial charge in [0.1, 0.15) is 0 Å². The predicted molar refractivity (Wildman–Crippen MR) is 118 cm³/mol. The summed E-state index contributed by atoms with van der Waals surface area (Å²) in [5.41, 5.74) is 1.82. The van der Waals surface area contributed by atoms with E-state index in [4.69, 9.17) is 9.47 Å². The highest BCUT2D eigenvalue weighted by Gasteiger charge is 2.11. The van der Waals surface area contributed by atoms with Crippen LogP contribution >= 0.6 is 11.8 Å². The lowest BCUT2D eigenvalue weighted by Gasteiger charge is -2.10. The van der Waals surface area contributed by atoms with Crippen LogP contribution in [0.4, 0.5) is 11.4 Å². The Labute approximate surface area is 178 Å². The van der Waals surface area contributed by atoms with Gasteiger partial charge >= 0.3 is 0 Å². The molecule has 0 saturated carbocycles. The number of benzene rings is 2. The van der Waals surface area contributed by atoms with Crippen molar-refractivity contribution in [2.75, 3.05) is 30.6 Å². The van der Waals surface area contributed by atoms with E-state index in [0.717, 1.165) is 4.90 Å². The number of ether oxygens (including phenoxy) is 2. The van der Waals surface area contributed by atoms with E-state index in [1.54, 1.807) is 62.0 Å². The second-order valence-electron chi connectivity index (χ2n) is 6.12. The van der Waals surface area contributed by atoms with E-state index in [0.29, 0.717) is 28.4 Å². The summed E-state index contributed by atoms with van der Waals surface area (Å²) in [7, 11) is 3.06. The fraction of sp³-hybridized carbons (Fsp3) is 0.136. The van der Waals surface area contributed by atoms with Gasteiger partial charge in [0.05, 0.1) is 20.0 Å². The Bertz CT molecular complexity index is 1010. The molecule has 2 aromatic carbocycles. The average molecular weight is 423 g/mol. The van der Waals surface area contributed by atoms with Crippen molar-refractivity contribution in [3.8, 4) is 11.5 Å². The Hall–Kier alpha value is -3.52. The smallest absolute Gasteiger partial charge is 0.255 e. The van der Waals surface area contributed by atoms with Crippen molar-refractivity contribution in [2.45, 2.75) is 4.90 Å². The second kappa shape index (κ2) is 10.3. The van der Waals surface area contributed by atoms with Gasteiger partial charge in [0.15, 0.2) is 11.5 Å². The van der Waals surface area contributed by atoms with Gasteiger partial charge in [0.2, 0.25) is 5.91 Å². The van der Waals surface area contributed by atoms with Crippen LogP contribution in [0.1, 0.15) is 10.4 Å². The number of hydrogen-bond acceptors (Lipinski definition) is 6. The molecular weight excluding hydrogens is 402 g/mol. The molecule has 0 aliphatic heterocycles. The molecular formula is C22H21N3O4S. The van der Waals surface area contributed by atoms with Crippen LogP contribution in [0, 0.1) is 0 Å². The van der Waals surface area contributed by atoms with Crippen LogP contribution in [0.5, 0.6) is 11.5 Å². The number of hydrogen-bond donors (Lipinski definition) is 2. The molecule has 0 unspecified atom stereocenters. The van der Waals surface area contributed by atoms with Crippen LogP contribution in [0.15, 0.2) is 71.9 Å². The van der Waals surface area contributed by atoms with E-state index in [1.807, 2.05) is 12.1 Å². The van der Waals surface area contributed by atoms with Crippen molar-refractivity contribution >= 4 is 35.0 Å². The monoisotopic (exact) mass is 423 g/mol. The van der Waals surface area contributed by atoms with Crippen molar-refractivity contribution < 1.29 is 19.1 Å². The summed E-state index contributed by atoms with van der Waals surface area (Å²) in [6.07, 6.45) is 3.25. The molecule has 8 heteroatoms. The van der Waals surface area contributed by atoms with Crippen molar-refractivity contribution in [1.29, 1.82) is 0 Å². The van der Waals surface area contributed by atoms with Crippen LogP contribution in [0.3, 0.4) is 0 Å². The first-order valence-corrected chi connectivity index (χ1v) is 10.0. The Balaban J connectivity index is 1.54. The number of nitrogens with zero attached hydrogens (tertiary/aromatic N) is 1. The Morgan fingerprint density at radius 2 is 1.53 bits per heavy atom. The maximum Gasteiger partial charge on any atom is 0.255 e. The molecule has 3 aromatic rings. The summed E-state index contributed by atoms with van der Waals surface area (Å²) in [6, 6.07) is 15.7. The highest BCUT2D eigenvalue weighted by molar-refractivity contribution is 8.00. The molecule has 0 fully saturated rings. The first-order chi connectivity index (χ1) is 14.6. The molecule has 0 aliphatic carbocycles. The standard InChI is InChI=1S/C22H21N3O4S/c1-28-19-8-3-15(13-20(19)29-2)22(27)25-16-4-6-18(7-5-16)30-14-21(26)24-17-9-11-23-12-10-17/h3-13H,14H2,1-2H3,(H,25,27)(H,23,24,26). The summed E-state index contributed by atoms with van der Waals surface area (Å²) >= 11 is 1.41. The fourth-order valence-corrected chi connectivity index (χ4v) is 3.29. The van der Waals surface area contributed by atoms with E-state index >= 15 is 0 Å². The summed E-state index contributed by atoms with van der Waals surface area (Å²) in [6.45, 7) is 0. The molecule has 0 saturated heterocycles. The minimum Gasteiger partial charge on any atom is -0.493 e. The quantitative estimate of drug-likeness (QED) is 0.531. The first-order valence-electron chi connectivity index (χ1n) is 9.05. The molecule has 3 rings (SSSR count). The van der Waals surface area contributed by atoms with E-state index < -0.39 is 0 Å². The predicted octanol–water partition coefficient (Wildman–Crippen LogP) is 4.08. The third-order valence-electron chi connectivity index (χ3n) is 4.09. The Morgan fingerprint density at radius 1 is 0.867 bits per heavy atom. The maximum absolute atomic E-state index is 12.5. The summed E-state index contributed by atoms with van der Waals surface area (Å²) < 4.78 is 10.4. The number of thioether (sulfide) groups is 1. The lowest BCUT2D eigenvalue weighted by atomic mass is 10.2. The van der Waals surface area contributed by atoms with E-state index in [-0.39, 0.29) is 17.6 Å². The molecule has 0 spiro atoms. The SMILES string of the molecule is COc1ccc(C(=O)Nc2ccc(SCC(=O)Nc3ccncc3)cc2)cc1OC. The van der Waals surface area contributed by atoms with Crippen LogP contribution < -0.4 is 20.1 Å². The van der Waals surface area contributed by atoms with Crippen molar-refractivity contribution in [1.82, 2.24) is 4.98 Å². The molecule has 1 aromatic heterocycles. The molecule has 0 aliphatic rings. The third kappa shape index (κ3) is 5.74. The molecule has 0 bridgehead atoms. The number of pyridine rings is 1. The topological polar surface area (TPSA) is 89.5 Å². The summed E-state index contributed by atoms with van der Waals surface area (Å²) in [5.74, 6) is 0.968. The molecule has 2 N–H and O–H groups in total. The van der Waals surface area contributed by atoms with Crippen molar-refractivity contribution in [3.05, 3.63) is 72.6 Å². The molecule has 7 nitrogen and oxygen atoms in total. The average Bonchev–Trinajstić information content (AvgIpc) is 2.78. The molecule has 154 valence electrons. The molecule has 2 amide bonds. The van der Waals surface area contributed by atoms with Gasteiger partial charge in [-0.2, -0.15) is 0 Å². The Kier molecular flexibility index (Phi) is 7.29. The molecule has 30 heavy (non-hydrogen) atoms. The number of carbonyl (C=O) groups is 2. The van der Waals surface area contributed by atoms with Gasteiger partial charge in [0, 0.05) is 34.2 Å². The normalized spacial score (nSPS) is 10.2. The number of methoxy groups -OCH3 is 2. The van der Waals surface area contributed by atoms with E-state index in [9.17, 15) is 9.59 Å². The minimum atomic E-state index is -0.256. The van der Waals surface area contributed by atoms with Gasteiger partial charge in [-0.15, -0.1) is 11.8 Å². The van der Waals surface area contributed by atoms with Gasteiger partial charge in [-0.3, -0.25) is 14.6 Å². The second-order valence-corrected chi connectivity index (χ2v) is 7.17. The number of rotatable bonds is 8. The highest BCUT2D eigenvalue weighted by Crippen LogP contribution is 2.28. The van der Waals surface area contributed by atoms with Gasteiger partial charge in [-0.25, -0.2) is 0 Å². The van der Waals surface area contributed by atoms with Crippen LogP contribution in [0.2, 0.25) is 0 Å². The zero-order valence-electron chi connectivity index (χ0n) is 16.5. The van der Waals surface area contributed by atoms with Gasteiger partial charge in [0.25, 0.3) is 5.91 Å². The van der Waals surface area contributed by atoms with Gasteiger partial charge in [-0.1, -0.05) is 0 Å². The number of carbonyl (C=O) groups excluding carboxylic acids is 2. The number of nitrogens with one attached hydrogen (secondary N) is 2.